The lowest BCUT2D eigenvalue weighted by molar-refractivity contribution is 0.510. The largest absolute Gasteiger partial charge is 0.271 e. The molecule has 0 radical (unpaired) electrons. The molecule has 0 spiro atoms. The van der Waals surface area contributed by atoms with Gasteiger partial charge in [0, 0.05) is 6.04 Å². The first-order chi connectivity index (χ1) is 7.54. The summed E-state index contributed by atoms with van der Waals surface area (Å²) < 4.78 is 13.4. The molecule has 0 aliphatic heterocycles. The van der Waals surface area contributed by atoms with Crippen LogP contribution >= 0.6 is 0 Å². The van der Waals surface area contributed by atoms with Gasteiger partial charge in [-0.05, 0) is 43.9 Å². The molecule has 0 saturated carbocycles. The van der Waals surface area contributed by atoms with Crippen molar-refractivity contribution in [2.45, 2.75) is 32.7 Å². The smallest absolute Gasteiger partial charge is 0.126 e. The Balaban J connectivity index is 2.78. The zero-order valence-electron chi connectivity index (χ0n) is 9.89. The topological polar surface area (TPSA) is 38.0 Å². The molecule has 0 saturated heterocycles. The molecule has 0 bridgehead atoms. The normalized spacial score (nSPS) is 12.5. The molecule has 1 atom stereocenters. The first kappa shape index (κ1) is 12.9. The minimum atomic E-state index is -0.187. The fourth-order valence-corrected chi connectivity index (χ4v) is 1.56. The minimum Gasteiger partial charge on any atom is -0.271 e. The van der Waals surface area contributed by atoms with Crippen LogP contribution in [0.15, 0.2) is 30.4 Å². The van der Waals surface area contributed by atoms with Crippen LogP contribution in [0, 0.1) is 12.7 Å². The zero-order valence-corrected chi connectivity index (χ0v) is 9.89. The van der Waals surface area contributed by atoms with Crippen molar-refractivity contribution in [3.05, 3.63) is 47.3 Å². The average molecular weight is 222 g/mol. The standard InChI is InChI=1S/C13H19FN2/c1-9(2)4-7-13(16-15)11-6-5-10(3)12(14)8-11/h5-6,8,13,16H,1,4,7,15H2,2-3H3. The molecular formula is C13H19FN2. The highest BCUT2D eigenvalue weighted by Gasteiger charge is 2.10. The van der Waals surface area contributed by atoms with Crippen LogP contribution in [0.25, 0.3) is 0 Å². The Bertz CT molecular complexity index is 374. The number of benzene rings is 1. The van der Waals surface area contributed by atoms with Gasteiger partial charge in [0.25, 0.3) is 0 Å². The van der Waals surface area contributed by atoms with Crippen molar-refractivity contribution in [3.63, 3.8) is 0 Å². The lowest BCUT2D eigenvalue weighted by Crippen LogP contribution is -2.28. The fourth-order valence-electron chi connectivity index (χ4n) is 1.56. The van der Waals surface area contributed by atoms with E-state index in [1.807, 2.05) is 13.0 Å². The van der Waals surface area contributed by atoms with Gasteiger partial charge in [-0.3, -0.25) is 11.3 Å². The van der Waals surface area contributed by atoms with Crippen molar-refractivity contribution in [1.82, 2.24) is 5.43 Å². The van der Waals surface area contributed by atoms with Gasteiger partial charge in [-0.15, -0.1) is 6.58 Å². The molecule has 0 aliphatic rings. The summed E-state index contributed by atoms with van der Waals surface area (Å²) in [6.45, 7) is 7.57. The van der Waals surface area contributed by atoms with E-state index in [1.54, 1.807) is 13.0 Å². The van der Waals surface area contributed by atoms with Crippen LogP contribution in [0.4, 0.5) is 4.39 Å². The van der Waals surface area contributed by atoms with Crippen LogP contribution in [0.2, 0.25) is 0 Å². The summed E-state index contributed by atoms with van der Waals surface area (Å²) >= 11 is 0. The summed E-state index contributed by atoms with van der Waals surface area (Å²) in [5.41, 5.74) is 5.35. The molecule has 1 unspecified atom stereocenters. The van der Waals surface area contributed by atoms with Gasteiger partial charge in [-0.1, -0.05) is 17.7 Å². The molecule has 2 nitrogen and oxygen atoms in total. The van der Waals surface area contributed by atoms with Crippen LogP contribution in [-0.4, -0.2) is 0 Å². The van der Waals surface area contributed by atoms with E-state index >= 15 is 0 Å². The van der Waals surface area contributed by atoms with E-state index in [-0.39, 0.29) is 11.9 Å². The number of rotatable bonds is 5. The average Bonchev–Trinajstić information content (AvgIpc) is 2.23. The molecule has 88 valence electrons. The minimum absolute atomic E-state index is 0.0215. The van der Waals surface area contributed by atoms with Crippen molar-refractivity contribution in [3.8, 4) is 0 Å². The SMILES string of the molecule is C=C(C)CCC(NN)c1ccc(C)c(F)c1. The van der Waals surface area contributed by atoms with E-state index in [9.17, 15) is 4.39 Å². The number of aryl methyl sites for hydroxylation is 1. The van der Waals surface area contributed by atoms with Crippen molar-refractivity contribution in [1.29, 1.82) is 0 Å². The Morgan fingerprint density at radius 2 is 2.25 bits per heavy atom. The molecule has 0 aliphatic carbocycles. The maximum atomic E-state index is 13.4. The molecule has 1 rings (SSSR count). The summed E-state index contributed by atoms with van der Waals surface area (Å²) in [6, 6.07) is 5.20. The van der Waals surface area contributed by atoms with Crippen molar-refractivity contribution in [2.24, 2.45) is 5.84 Å². The maximum Gasteiger partial charge on any atom is 0.126 e. The molecule has 0 amide bonds. The summed E-state index contributed by atoms with van der Waals surface area (Å²) in [6.07, 6.45) is 1.71. The molecule has 1 aromatic rings. The number of halogens is 1. The van der Waals surface area contributed by atoms with Gasteiger partial charge in [-0.25, -0.2) is 4.39 Å². The van der Waals surface area contributed by atoms with E-state index in [1.165, 1.54) is 6.07 Å². The van der Waals surface area contributed by atoms with E-state index in [0.29, 0.717) is 5.56 Å². The van der Waals surface area contributed by atoms with Gasteiger partial charge < -0.3 is 0 Å². The summed E-state index contributed by atoms with van der Waals surface area (Å²) in [4.78, 5) is 0. The summed E-state index contributed by atoms with van der Waals surface area (Å²) in [7, 11) is 0. The van der Waals surface area contributed by atoms with Crippen LogP contribution in [0.5, 0.6) is 0 Å². The predicted molar refractivity (Wildman–Crippen MR) is 65.2 cm³/mol. The summed E-state index contributed by atoms with van der Waals surface area (Å²) in [5.74, 6) is 5.29. The first-order valence-electron chi connectivity index (χ1n) is 5.41. The van der Waals surface area contributed by atoms with Crippen molar-refractivity contribution >= 4 is 0 Å². The third-order valence-electron chi connectivity index (χ3n) is 2.66. The van der Waals surface area contributed by atoms with Gasteiger partial charge in [0.15, 0.2) is 0 Å². The van der Waals surface area contributed by atoms with Crippen molar-refractivity contribution in [2.75, 3.05) is 0 Å². The number of hydrogen-bond donors (Lipinski definition) is 2. The lowest BCUT2D eigenvalue weighted by Gasteiger charge is -2.16. The molecule has 0 fully saturated rings. The first-order valence-corrected chi connectivity index (χ1v) is 5.41. The van der Waals surface area contributed by atoms with Crippen molar-refractivity contribution < 1.29 is 4.39 Å². The van der Waals surface area contributed by atoms with Crippen LogP contribution in [-0.2, 0) is 0 Å². The quantitative estimate of drug-likeness (QED) is 0.456. The van der Waals surface area contributed by atoms with E-state index in [2.05, 4.69) is 12.0 Å². The van der Waals surface area contributed by atoms with Crippen LogP contribution in [0.1, 0.15) is 36.9 Å². The number of hydrogen-bond acceptors (Lipinski definition) is 2. The van der Waals surface area contributed by atoms with Crippen LogP contribution < -0.4 is 11.3 Å². The Morgan fingerprint density at radius 3 is 2.75 bits per heavy atom. The number of hydrazine groups is 1. The van der Waals surface area contributed by atoms with Gasteiger partial charge in [0.05, 0.1) is 0 Å². The molecule has 3 N–H and O–H groups in total. The summed E-state index contributed by atoms with van der Waals surface area (Å²) in [5, 5.41) is 0. The van der Waals surface area contributed by atoms with Gasteiger partial charge in [-0.2, -0.15) is 0 Å². The van der Waals surface area contributed by atoms with E-state index in [4.69, 9.17) is 5.84 Å². The number of allylic oxidation sites excluding steroid dienone is 1. The Morgan fingerprint density at radius 1 is 1.56 bits per heavy atom. The molecule has 16 heavy (non-hydrogen) atoms. The number of nitrogens with one attached hydrogen (secondary N) is 1. The molecule has 0 heterocycles. The zero-order chi connectivity index (χ0) is 12.1. The Labute approximate surface area is 96.3 Å². The highest BCUT2D eigenvalue weighted by molar-refractivity contribution is 5.25. The molecule has 0 aromatic heterocycles. The Kier molecular flexibility index (Phi) is 4.65. The third-order valence-corrected chi connectivity index (χ3v) is 2.66. The second-order valence-corrected chi connectivity index (χ2v) is 4.22. The van der Waals surface area contributed by atoms with E-state index < -0.39 is 0 Å². The fraction of sp³-hybridized carbons (Fsp3) is 0.385. The molecule has 3 heteroatoms. The monoisotopic (exact) mass is 222 g/mol. The van der Waals surface area contributed by atoms with Gasteiger partial charge in [0.1, 0.15) is 5.82 Å². The van der Waals surface area contributed by atoms with Gasteiger partial charge >= 0.3 is 0 Å². The third kappa shape index (κ3) is 3.43. The highest BCUT2D eigenvalue weighted by atomic mass is 19.1. The predicted octanol–water partition coefficient (Wildman–Crippen LogP) is 2.99. The lowest BCUT2D eigenvalue weighted by atomic mass is 9.99. The molecule has 1 aromatic carbocycles. The maximum absolute atomic E-state index is 13.4. The van der Waals surface area contributed by atoms with Gasteiger partial charge in [0.2, 0.25) is 0 Å². The second-order valence-electron chi connectivity index (χ2n) is 4.22. The van der Waals surface area contributed by atoms with Crippen LogP contribution in [0.3, 0.4) is 0 Å². The number of nitrogens with two attached hydrogens (primary N) is 1. The molecular weight excluding hydrogens is 203 g/mol. The Hall–Kier alpha value is -1.19. The van der Waals surface area contributed by atoms with E-state index in [0.717, 1.165) is 24.0 Å². The second kappa shape index (κ2) is 5.77. The highest BCUT2D eigenvalue weighted by Crippen LogP contribution is 2.21.